The molecule has 1 aromatic carbocycles. The zero-order valence-electron chi connectivity index (χ0n) is 16.2. The Morgan fingerprint density at radius 1 is 1.35 bits per heavy atom. The molecule has 1 aromatic heterocycles. The molecule has 1 unspecified atom stereocenters. The fourth-order valence-corrected chi connectivity index (χ4v) is 3.05. The van der Waals surface area contributed by atoms with Crippen molar-refractivity contribution in [1.82, 2.24) is 19.9 Å². The van der Waals surface area contributed by atoms with Gasteiger partial charge in [-0.25, -0.2) is 10.5 Å². The fourth-order valence-electron chi connectivity index (χ4n) is 3.05. The molecule has 0 radical (unpaired) electrons. The van der Waals surface area contributed by atoms with Gasteiger partial charge < -0.3 is 9.47 Å². The van der Waals surface area contributed by atoms with Crippen molar-refractivity contribution in [2.45, 2.75) is 46.6 Å². The van der Waals surface area contributed by atoms with Crippen LogP contribution >= 0.6 is 0 Å². The second-order valence-electron chi connectivity index (χ2n) is 6.52. The number of aromatic nitrogens is 2. The Morgan fingerprint density at radius 3 is 2.69 bits per heavy atom. The lowest BCUT2D eigenvalue weighted by atomic mass is 10.1. The second kappa shape index (κ2) is 9.50. The molecule has 1 heterocycles. The SMILES string of the molecule is CCC(C)c1nc2cc(C=CC(=O)NO)ccc2n1CCN(CC)CC. The summed E-state index contributed by atoms with van der Waals surface area (Å²) in [6, 6.07) is 6.02. The molecule has 0 spiro atoms. The minimum atomic E-state index is -0.546. The largest absolute Gasteiger partial charge is 0.326 e. The molecule has 26 heavy (non-hydrogen) atoms. The van der Waals surface area contributed by atoms with Crippen LogP contribution in [-0.2, 0) is 11.3 Å². The van der Waals surface area contributed by atoms with Gasteiger partial charge in [0.15, 0.2) is 0 Å². The van der Waals surface area contributed by atoms with E-state index < -0.39 is 5.91 Å². The molecule has 0 aliphatic heterocycles. The maximum atomic E-state index is 11.2. The molecule has 1 atom stereocenters. The number of hydrogen-bond donors (Lipinski definition) is 2. The lowest BCUT2D eigenvalue weighted by molar-refractivity contribution is -0.124. The number of carbonyl (C=O) groups excluding carboxylic acids is 1. The molecule has 0 aliphatic carbocycles. The van der Waals surface area contributed by atoms with Gasteiger partial charge in [-0.3, -0.25) is 10.0 Å². The molecule has 6 nitrogen and oxygen atoms in total. The summed E-state index contributed by atoms with van der Waals surface area (Å²) in [6.45, 7) is 12.8. The highest BCUT2D eigenvalue weighted by atomic mass is 16.5. The molecule has 142 valence electrons. The second-order valence-corrected chi connectivity index (χ2v) is 6.52. The van der Waals surface area contributed by atoms with E-state index in [1.807, 2.05) is 12.1 Å². The maximum absolute atomic E-state index is 11.2. The summed E-state index contributed by atoms with van der Waals surface area (Å²) >= 11 is 0. The minimum absolute atomic E-state index is 0.387. The third kappa shape index (κ3) is 4.71. The highest BCUT2D eigenvalue weighted by Crippen LogP contribution is 2.25. The van der Waals surface area contributed by atoms with Crippen molar-refractivity contribution < 1.29 is 10.0 Å². The van der Waals surface area contributed by atoms with Crippen molar-refractivity contribution in [1.29, 1.82) is 0 Å². The van der Waals surface area contributed by atoms with E-state index in [1.54, 1.807) is 11.6 Å². The van der Waals surface area contributed by atoms with Crippen LogP contribution in [0.25, 0.3) is 17.1 Å². The lowest BCUT2D eigenvalue weighted by Gasteiger charge is -2.20. The summed E-state index contributed by atoms with van der Waals surface area (Å²) in [5, 5.41) is 8.59. The topological polar surface area (TPSA) is 70.4 Å². The third-order valence-corrected chi connectivity index (χ3v) is 4.93. The van der Waals surface area contributed by atoms with Crippen molar-refractivity contribution in [3.05, 3.63) is 35.7 Å². The number of benzene rings is 1. The van der Waals surface area contributed by atoms with Crippen LogP contribution in [0.5, 0.6) is 0 Å². The number of amides is 1. The minimum Gasteiger partial charge on any atom is -0.326 e. The molecule has 6 heteroatoms. The Labute approximate surface area is 155 Å². The highest BCUT2D eigenvalue weighted by Gasteiger charge is 2.16. The van der Waals surface area contributed by atoms with Crippen molar-refractivity contribution in [3.63, 3.8) is 0 Å². The van der Waals surface area contributed by atoms with Crippen molar-refractivity contribution >= 4 is 23.0 Å². The highest BCUT2D eigenvalue weighted by molar-refractivity contribution is 5.91. The van der Waals surface area contributed by atoms with Gasteiger partial charge >= 0.3 is 0 Å². The van der Waals surface area contributed by atoms with Crippen LogP contribution in [0.15, 0.2) is 24.3 Å². The summed E-state index contributed by atoms with van der Waals surface area (Å²) in [7, 11) is 0. The van der Waals surface area contributed by atoms with E-state index >= 15 is 0 Å². The quantitative estimate of drug-likeness (QED) is 0.409. The Balaban J connectivity index is 2.38. The number of nitrogens with zero attached hydrogens (tertiary/aromatic N) is 3. The number of rotatable bonds is 9. The van der Waals surface area contributed by atoms with Crippen LogP contribution in [0.2, 0.25) is 0 Å². The van der Waals surface area contributed by atoms with Crippen LogP contribution in [0.1, 0.15) is 51.4 Å². The van der Waals surface area contributed by atoms with E-state index in [-0.39, 0.29) is 0 Å². The molecule has 0 saturated carbocycles. The van der Waals surface area contributed by atoms with E-state index in [2.05, 4.69) is 43.2 Å². The number of imidazole rings is 1. The maximum Gasteiger partial charge on any atom is 0.267 e. The number of fused-ring (bicyclic) bond motifs is 1. The Morgan fingerprint density at radius 2 is 2.08 bits per heavy atom. The van der Waals surface area contributed by atoms with Gasteiger partial charge in [-0.1, -0.05) is 33.8 Å². The predicted molar refractivity (Wildman–Crippen MR) is 105 cm³/mol. The van der Waals surface area contributed by atoms with E-state index in [4.69, 9.17) is 10.2 Å². The van der Waals surface area contributed by atoms with E-state index in [0.29, 0.717) is 5.92 Å². The standard InChI is InChI=1S/C20H30N4O2/c1-5-15(4)20-21-17-14-16(9-11-19(25)22-26)8-10-18(17)24(20)13-12-23(6-2)7-3/h8-11,14-15,26H,5-7,12-13H2,1-4H3,(H,22,25). The molecule has 0 aliphatic rings. The molecule has 2 aromatic rings. The van der Waals surface area contributed by atoms with Crippen molar-refractivity contribution in [3.8, 4) is 0 Å². The molecule has 1 amide bonds. The molecule has 0 saturated heterocycles. The lowest BCUT2D eigenvalue weighted by Crippen LogP contribution is -2.27. The zero-order chi connectivity index (χ0) is 19.1. The normalized spacial score (nSPS) is 13.0. The van der Waals surface area contributed by atoms with Crippen molar-refractivity contribution in [2.75, 3.05) is 19.6 Å². The number of hydrogen-bond acceptors (Lipinski definition) is 4. The first-order chi connectivity index (χ1) is 12.5. The van der Waals surface area contributed by atoms with Crippen LogP contribution in [0, 0.1) is 0 Å². The third-order valence-electron chi connectivity index (χ3n) is 4.93. The van der Waals surface area contributed by atoms with Gasteiger partial charge in [0, 0.05) is 25.1 Å². The first-order valence-electron chi connectivity index (χ1n) is 9.38. The van der Waals surface area contributed by atoms with E-state index in [0.717, 1.165) is 55.0 Å². The smallest absolute Gasteiger partial charge is 0.267 e. The molecule has 2 N–H and O–H groups in total. The first-order valence-corrected chi connectivity index (χ1v) is 9.38. The van der Waals surface area contributed by atoms with Gasteiger partial charge in [0.2, 0.25) is 0 Å². The number of carbonyl (C=O) groups is 1. The Bertz CT molecular complexity index is 763. The van der Waals surface area contributed by atoms with Gasteiger partial charge in [-0.15, -0.1) is 0 Å². The van der Waals surface area contributed by atoms with Crippen LogP contribution in [-0.4, -0.2) is 45.2 Å². The van der Waals surface area contributed by atoms with Crippen LogP contribution in [0.3, 0.4) is 0 Å². The molecule has 2 rings (SSSR count). The number of hydroxylamine groups is 1. The van der Waals surface area contributed by atoms with Gasteiger partial charge in [0.25, 0.3) is 5.91 Å². The van der Waals surface area contributed by atoms with E-state index in [9.17, 15) is 4.79 Å². The first kappa shape index (κ1) is 20.1. The summed E-state index contributed by atoms with van der Waals surface area (Å²) in [5.74, 6) is 0.956. The zero-order valence-corrected chi connectivity index (χ0v) is 16.2. The van der Waals surface area contributed by atoms with Crippen LogP contribution < -0.4 is 5.48 Å². The Kier molecular flexibility index (Phi) is 7.36. The average Bonchev–Trinajstić information content (AvgIpc) is 3.04. The van der Waals surface area contributed by atoms with Gasteiger partial charge in [0.1, 0.15) is 5.82 Å². The summed E-state index contributed by atoms with van der Waals surface area (Å²) < 4.78 is 2.33. The predicted octanol–water partition coefficient (Wildman–Crippen LogP) is 3.41. The monoisotopic (exact) mass is 358 g/mol. The average molecular weight is 358 g/mol. The molecule has 0 bridgehead atoms. The number of nitrogens with one attached hydrogen (secondary N) is 1. The summed E-state index contributed by atoms with van der Waals surface area (Å²) in [6.07, 6.45) is 4.01. The van der Waals surface area contributed by atoms with Crippen LogP contribution in [0.4, 0.5) is 0 Å². The fraction of sp³-hybridized carbons (Fsp3) is 0.500. The summed E-state index contributed by atoms with van der Waals surface area (Å²) in [4.78, 5) is 18.5. The number of likely N-dealkylation sites (N-methyl/N-ethyl adjacent to an activating group) is 1. The van der Waals surface area contributed by atoms with Crippen molar-refractivity contribution in [2.24, 2.45) is 0 Å². The van der Waals surface area contributed by atoms with Gasteiger partial charge in [0.05, 0.1) is 11.0 Å². The molecule has 0 fully saturated rings. The Hall–Kier alpha value is -2.18. The molecular weight excluding hydrogens is 328 g/mol. The van der Waals surface area contributed by atoms with Gasteiger partial charge in [-0.2, -0.15) is 0 Å². The summed E-state index contributed by atoms with van der Waals surface area (Å²) in [5.41, 5.74) is 4.53. The molecular formula is C20H30N4O2. The van der Waals surface area contributed by atoms with E-state index in [1.165, 1.54) is 6.08 Å². The van der Waals surface area contributed by atoms with Gasteiger partial charge in [-0.05, 0) is 43.3 Å².